The van der Waals surface area contributed by atoms with Gasteiger partial charge in [-0.3, -0.25) is 0 Å². The maximum absolute atomic E-state index is 12.7. The number of sulfonamides is 1. The quantitative estimate of drug-likeness (QED) is 0.803. The Morgan fingerprint density at radius 1 is 1.29 bits per heavy atom. The molecule has 3 rings (SSSR count). The molecule has 0 radical (unpaired) electrons. The molecule has 1 aliphatic carbocycles. The number of benzene rings is 1. The van der Waals surface area contributed by atoms with Gasteiger partial charge in [-0.15, -0.1) is 0 Å². The van der Waals surface area contributed by atoms with E-state index >= 15 is 0 Å². The fraction of sp³-hybridized carbons (Fsp3) is 0.533. The van der Waals surface area contributed by atoms with Gasteiger partial charge in [-0.2, -0.15) is 4.31 Å². The molecule has 21 heavy (non-hydrogen) atoms. The lowest BCUT2D eigenvalue weighted by Gasteiger charge is -2.45. The molecule has 2 atom stereocenters. The smallest absolute Gasteiger partial charge is 0.243 e. The third kappa shape index (κ3) is 2.58. The van der Waals surface area contributed by atoms with Gasteiger partial charge in [-0.05, 0) is 37.8 Å². The highest BCUT2D eigenvalue weighted by Crippen LogP contribution is 2.40. The predicted octanol–water partition coefficient (Wildman–Crippen LogP) is 2.03. The van der Waals surface area contributed by atoms with Crippen LogP contribution in [0.25, 0.3) is 0 Å². The topological polar surface area (TPSA) is 59.0 Å². The van der Waals surface area contributed by atoms with E-state index in [1.807, 2.05) is 19.1 Å². The molecule has 2 aliphatic rings. The molecule has 0 bridgehead atoms. The highest BCUT2D eigenvalue weighted by Gasteiger charge is 2.44. The van der Waals surface area contributed by atoms with Gasteiger partial charge in [-0.1, -0.05) is 22.9 Å². The molecule has 2 fully saturated rings. The van der Waals surface area contributed by atoms with Crippen LogP contribution in [0.3, 0.4) is 0 Å². The van der Waals surface area contributed by atoms with Crippen LogP contribution in [0.2, 0.25) is 0 Å². The van der Waals surface area contributed by atoms with E-state index in [1.165, 1.54) is 7.11 Å². The van der Waals surface area contributed by atoms with E-state index in [2.05, 4.69) is 5.16 Å². The summed E-state index contributed by atoms with van der Waals surface area (Å²) in [7, 11) is -1.87. The van der Waals surface area contributed by atoms with Crippen LogP contribution in [-0.4, -0.2) is 38.6 Å². The molecule has 1 saturated heterocycles. The molecule has 0 aromatic heterocycles. The van der Waals surface area contributed by atoms with E-state index in [0.717, 1.165) is 24.1 Å². The summed E-state index contributed by atoms with van der Waals surface area (Å²) in [5.74, 6) is 0.780. The van der Waals surface area contributed by atoms with Gasteiger partial charge in [0.05, 0.1) is 10.6 Å². The first-order valence-electron chi connectivity index (χ1n) is 7.19. The van der Waals surface area contributed by atoms with E-state index in [1.54, 1.807) is 16.4 Å². The molecule has 1 aromatic carbocycles. The van der Waals surface area contributed by atoms with Crippen molar-refractivity contribution >= 4 is 15.7 Å². The van der Waals surface area contributed by atoms with Gasteiger partial charge < -0.3 is 4.84 Å². The minimum absolute atomic E-state index is 0.221. The molecule has 0 unspecified atom stereocenters. The SMILES string of the molecule is CON=C1C[C@@H]2CCN(S(=O)(=O)c3ccc(C)cc3)C[C@H]12. The normalized spacial score (nSPS) is 28.0. The summed E-state index contributed by atoms with van der Waals surface area (Å²) in [6.45, 7) is 3.06. The van der Waals surface area contributed by atoms with Crippen molar-refractivity contribution in [2.45, 2.75) is 24.7 Å². The van der Waals surface area contributed by atoms with Crippen LogP contribution >= 0.6 is 0 Å². The van der Waals surface area contributed by atoms with Crippen LogP contribution < -0.4 is 0 Å². The van der Waals surface area contributed by atoms with Crippen LogP contribution in [0, 0.1) is 18.8 Å². The Kier molecular flexibility index (Phi) is 3.75. The Bertz CT molecular complexity index is 652. The number of hydrogen-bond acceptors (Lipinski definition) is 4. The second kappa shape index (κ2) is 5.42. The Labute approximate surface area is 125 Å². The summed E-state index contributed by atoms with van der Waals surface area (Å²) in [5, 5.41) is 4.01. The van der Waals surface area contributed by atoms with Gasteiger partial charge in [0.15, 0.2) is 0 Å². The highest BCUT2D eigenvalue weighted by atomic mass is 32.2. The number of nitrogens with zero attached hydrogens (tertiary/aromatic N) is 2. The van der Waals surface area contributed by atoms with Gasteiger partial charge >= 0.3 is 0 Å². The maximum Gasteiger partial charge on any atom is 0.243 e. The second-order valence-electron chi connectivity index (χ2n) is 5.80. The van der Waals surface area contributed by atoms with Crippen LogP contribution in [0.4, 0.5) is 0 Å². The fourth-order valence-electron chi connectivity index (χ4n) is 3.15. The average Bonchev–Trinajstić information content (AvgIpc) is 2.45. The molecule has 0 spiro atoms. The van der Waals surface area contributed by atoms with E-state index < -0.39 is 10.0 Å². The fourth-order valence-corrected chi connectivity index (χ4v) is 4.63. The number of oxime groups is 1. The van der Waals surface area contributed by atoms with E-state index in [9.17, 15) is 8.42 Å². The van der Waals surface area contributed by atoms with Crippen LogP contribution in [0.1, 0.15) is 18.4 Å². The Morgan fingerprint density at radius 2 is 2.00 bits per heavy atom. The van der Waals surface area contributed by atoms with E-state index in [-0.39, 0.29) is 5.92 Å². The van der Waals surface area contributed by atoms with Gasteiger partial charge in [0, 0.05) is 19.0 Å². The number of piperidine rings is 1. The van der Waals surface area contributed by atoms with Crippen LogP contribution in [0.15, 0.2) is 34.3 Å². The average molecular weight is 308 g/mol. The standard InChI is InChI=1S/C15H20N2O3S/c1-11-3-5-13(6-4-11)21(18,19)17-8-7-12-9-15(16-20-2)14(12)10-17/h3-6,12,14H,7-10H2,1-2H3/t12-,14-/m0/s1. The first-order chi connectivity index (χ1) is 10.0. The summed E-state index contributed by atoms with van der Waals surface area (Å²) >= 11 is 0. The minimum Gasteiger partial charge on any atom is -0.399 e. The van der Waals surface area contributed by atoms with Gasteiger partial charge in [-0.25, -0.2) is 8.42 Å². The second-order valence-corrected chi connectivity index (χ2v) is 7.74. The minimum atomic E-state index is -3.40. The zero-order valence-corrected chi connectivity index (χ0v) is 13.1. The third-order valence-electron chi connectivity index (χ3n) is 4.49. The summed E-state index contributed by atoms with van der Waals surface area (Å²) in [5.41, 5.74) is 2.05. The number of aryl methyl sites for hydroxylation is 1. The van der Waals surface area contributed by atoms with Crippen molar-refractivity contribution in [3.63, 3.8) is 0 Å². The maximum atomic E-state index is 12.7. The highest BCUT2D eigenvalue weighted by molar-refractivity contribution is 7.89. The lowest BCUT2D eigenvalue weighted by Crippen LogP contribution is -2.52. The van der Waals surface area contributed by atoms with Crippen molar-refractivity contribution in [2.24, 2.45) is 17.0 Å². The van der Waals surface area contributed by atoms with Crippen LogP contribution in [-0.2, 0) is 14.9 Å². The number of fused-ring (bicyclic) bond motifs is 1. The number of hydrogen-bond donors (Lipinski definition) is 0. The lowest BCUT2D eigenvalue weighted by molar-refractivity contribution is 0.167. The molecule has 0 amide bonds. The Morgan fingerprint density at radius 3 is 2.67 bits per heavy atom. The lowest BCUT2D eigenvalue weighted by atomic mass is 9.68. The van der Waals surface area contributed by atoms with Crippen molar-refractivity contribution in [2.75, 3.05) is 20.2 Å². The predicted molar refractivity (Wildman–Crippen MR) is 80.6 cm³/mol. The van der Waals surface area contributed by atoms with E-state index in [4.69, 9.17) is 4.84 Å². The molecule has 0 N–H and O–H groups in total. The summed E-state index contributed by atoms with van der Waals surface area (Å²) in [6.07, 6.45) is 1.84. The Hall–Kier alpha value is -1.40. The number of rotatable bonds is 3. The zero-order valence-electron chi connectivity index (χ0n) is 12.3. The first kappa shape index (κ1) is 14.5. The van der Waals surface area contributed by atoms with Crippen molar-refractivity contribution < 1.29 is 13.3 Å². The molecular weight excluding hydrogens is 288 g/mol. The molecule has 1 aliphatic heterocycles. The Balaban J connectivity index is 1.80. The van der Waals surface area contributed by atoms with Crippen molar-refractivity contribution in [1.29, 1.82) is 0 Å². The molecule has 6 heteroatoms. The van der Waals surface area contributed by atoms with Crippen molar-refractivity contribution in [3.05, 3.63) is 29.8 Å². The summed E-state index contributed by atoms with van der Waals surface area (Å²) in [4.78, 5) is 5.20. The van der Waals surface area contributed by atoms with Gasteiger partial charge in [0.25, 0.3) is 0 Å². The monoisotopic (exact) mass is 308 g/mol. The molecule has 114 valence electrons. The zero-order chi connectivity index (χ0) is 15.0. The third-order valence-corrected chi connectivity index (χ3v) is 6.36. The van der Waals surface area contributed by atoms with Gasteiger partial charge in [0.2, 0.25) is 10.0 Å². The van der Waals surface area contributed by atoms with Gasteiger partial charge in [0.1, 0.15) is 7.11 Å². The largest absolute Gasteiger partial charge is 0.399 e. The molecule has 1 saturated carbocycles. The molecule has 5 nitrogen and oxygen atoms in total. The van der Waals surface area contributed by atoms with Crippen molar-refractivity contribution in [1.82, 2.24) is 4.31 Å². The van der Waals surface area contributed by atoms with Crippen molar-refractivity contribution in [3.8, 4) is 0 Å². The van der Waals surface area contributed by atoms with Crippen LogP contribution in [0.5, 0.6) is 0 Å². The molecule has 1 heterocycles. The first-order valence-corrected chi connectivity index (χ1v) is 8.63. The van der Waals surface area contributed by atoms with E-state index in [0.29, 0.717) is 23.9 Å². The molecule has 1 aromatic rings. The summed E-state index contributed by atoms with van der Waals surface area (Å²) < 4.78 is 27.0. The molecular formula is C15H20N2O3S. The summed E-state index contributed by atoms with van der Waals surface area (Å²) in [6, 6.07) is 7.03.